The lowest BCUT2D eigenvalue weighted by Crippen LogP contribution is -2.40. The number of anilines is 1. The lowest BCUT2D eigenvalue weighted by molar-refractivity contribution is -0.123. The zero-order valence-electron chi connectivity index (χ0n) is 11.1. The SMILES string of the molecule is CN=C1NC(=O)C(C)(c2ccc(N(C)C)cc2)N1. The Morgan fingerprint density at radius 1 is 1.22 bits per heavy atom. The van der Waals surface area contributed by atoms with Gasteiger partial charge in [0.1, 0.15) is 5.54 Å². The van der Waals surface area contributed by atoms with Crippen molar-refractivity contribution in [2.75, 3.05) is 26.0 Å². The first-order valence-electron chi connectivity index (χ1n) is 5.81. The number of hydrogen-bond donors (Lipinski definition) is 2. The van der Waals surface area contributed by atoms with Gasteiger partial charge in [-0.15, -0.1) is 0 Å². The molecule has 1 aromatic carbocycles. The van der Waals surface area contributed by atoms with Gasteiger partial charge in [-0.05, 0) is 24.6 Å². The molecule has 2 N–H and O–H groups in total. The molecular weight excluding hydrogens is 228 g/mol. The van der Waals surface area contributed by atoms with E-state index in [1.54, 1.807) is 7.05 Å². The molecule has 1 unspecified atom stereocenters. The normalized spacial score (nSPS) is 24.9. The van der Waals surface area contributed by atoms with E-state index in [-0.39, 0.29) is 5.91 Å². The highest BCUT2D eigenvalue weighted by atomic mass is 16.2. The number of hydrogen-bond acceptors (Lipinski definition) is 3. The van der Waals surface area contributed by atoms with Crippen molar-refractivity contribution in [3.8, 4) is 0 Å². The van der Waals surface area contributed by atoms with E-state index in [2.05, 4.69) is 15.6 Å². The Kier molecular flexibility index (Phi) is 2.98. The molecule has 0 saturated carbocycles. The zero-order valence-corrected chi connectivity index (χ0v) is 11.1. The van der Waals surface area contributed by atoms with Crippen LogP contribution in [0.1, 0.15) is 12.5 Å². The minimum atomic E-state index is -0.750. The Balaban J connectivity index is 2.33. The second-order valence-corrected chi connectivity index (χ2v) is 4.72. The van der Waals surface area contributed by atoms with Gasteiger partial charge in [0.15, 0.2) is 5.96 Å². The number of amides is 1. The van der Waals surface area contributed by atoms with Crippen LogP contribution >= 0.6 is 0 Å². The second-order valence-electron chi connectivity index (χ2n) is 4.72. The van der Waals surface area contributed by atoms with Crippen molar-refractivity contribution in [1.29, 1.82) is 0 Å². The van der Waals surface area contributed by atoms with E-state index in [1.807, 2.05) is 50.2 Å². The van der Waals surface area contributed by atoms with Gasteiger partial charge in [0.25, 0.3) is 5.91 Å². The summed E-state index contributed by atoms with van der Waals surface area (Å²) in [6, 6.07) is 7.91. The van der Waals surface area contributed by atoms with Crippen LogP contribution in [0.2, 0.25) is 0 Å². The maximum atomic E-state index is 12.0. The van der Waals surface area contributed by atoms with Crippen molar-refractivity contribution in [3.63, 3.8) is 0 Å². The van der Waals surface area contributed by atoms with Gasteiger partial charge in [0.2, 0.25) is 0 Å². The molecule has 1 atom stereocenters. The Morgan fingerprint density at radius 3 is 2.28 bits per heavy atom. The molecule has 0 spiro atoms. The molecule has 1 amide bonds. The topological polar surface area (TPSA) is 56.7 Å². The first kappa shape index (κ1) is 12.4. The van der Waals surface area contributed by atoms with Gasteiger partial charge in [-0.2, -0.15) is 0 Å². The maximum Gasteiger partial charge on any atom is 0.256 e. The van der Waals surface area contributed by atoms with Gasteiger partial charge < -0.3 is 10.2 Å². The minimum Gasteiger partial charge on any atom is -0.378 e. The molecule has 1 aliphatic rings. The van der Waals surface area contributed by atoms with Crippen LogP contribution in [0.3, 0.4) is 0 Å². The summed E-state index contributed by atoms with van der Waals surface area (Å²) in [6.45, 7) is 1.85. The van der Waals surface area contributed by atoms with Gasteiger partial charge >= 0.3 is 0 Å². The van der Waals surface area contributed by atoms with Crippen molar-refractivity contribution >= 4 is 17.6 Å². The van der Waals surface area contributed by atoms with Gasteiger partial charge in [0, 0.05) is 26.8 Å². The smallest absolute Gasteiger partial charge is 0.256 e. The molecule has 1 heterocycles. The van der Waals surface area contributed by atoms with Gasteiger partial charge in [0.05, 0.1) is 0 Å². The molecule has 1 aliphatic heterocycles. The van der Waals surface area contributed by atoms with Crippen LogP contribution in [0.15, 0.2) is 29.3 Å². The fraction of sp³-hybridized carbons (Fsp3) is 0.385. The predicted octanol–water partition coefficient (Wildman–Crippen LogP) is 0.673. The number of nitrogens with zero attached hydrogens (tertiary/aromatic N) is 2. The Hall–Kier alpha value is -2.04. The number of aliphatic imine (C=N–C) groups is 1. The maximum absolute atomic E-state index is 12.0. The molecule has 5 heteroatoms. The molecule has 1 saturated heterocycles. The third-order valence-corrected chi connectivity index (χ3v) is 3.24. The van der Waals surface area contributed by atoms with Crippen LogP contribution in [-0.2, 0) is 10.3 Å². The molecule has 0 radical (unpaired) electrons. The molecule has 96 valence electrons. The van der Waals surface area contributed by atoms with E-state index in [0.717, 1.165) is 11.3 Å². The summed E-state index contributed by atoms with van der Waals surface area (Å²) in [5.74, 6) is 0.430. The number of rotatable bonds is 2. The van der Waals surface area contributed by atoms with Crippen LogP contribution in [0.4, 0.5) is 5.69 Å². The highest BCUT2D eigenvalue weighted by Crippen LogP contribution is 2.26. The van der Waals surface area contributed by atoms with E-state index >= 15 is 0 Å². The third kappa shape index (κ3) is 1.92. The summed E-state index contributed by atoms with van der Waals surface area (Å²) in [7, 11) is 5.61. The Labute approximate surface area is 107 Å². The molecule has 0 aliphatic carbocycles. The standard InChI is InChI=1S/C13H18N4O/c1-13(11(18)15-12(14-2)16-13)9-5-7-10(8-6-9)17(3)4/h5-8H,1-4H3,(H2,14,15,16,18). The van der Waals surface area contributed by atoms with Crippen LogP contribution < -0.4 is 15.5 Å². The lowest BCUT2D eigenvalue weighted by Gasteiger charge is -2.22. The summed E-state index contributed by atoms with van der Waals surface area (Å²) in [6.07, 6.45) is 0. The lowest BCUT2D eigenvalue weighted by atomic mass is 9.92. The van der Waals surface area contributed by atoms with Crippen molar-refractivity contribution < 1.29 is 4.79 Å². The quantitative estimate of drug-likeness (QED) is 0.806. The zero-order chi connectivity index (χ0) is 13.3. The molecule has 1 fully saturated rings. The predicted molar refractivity (Wildman–Crippen MR) is 72.8 cm³/mol. The summed E-state index contributed by atoms with van der Waals surface area (Å²) in [5, 5.41) is 5.83. The third-order valence-electron chi connectivity index (χ3n) is 3.24. The Bertz CT molecular complexity index is 492. The van der Waals surface area contributed by atoms with Crippen molar-refractivity contribution in [2.45, 2.75) is 12.5 Å². The van der Waals surface area contributed by atoms with Crippen LogP contribution in [-0.4, -0.2) is 33.0 Å². The fourth-order valence-corrected chi connectivity index (χ4v) is 1.97. The van der Waals surface area contributed by atoms with Crippen LogP contribution in [0.25, 0.3) is 0 Å². The summed E-state index contributed by atoms with van der Waals surface area (Å²) in [5.41, 5.74) is 1.27. The van der Waals surface area contributed by atoms with Crippen molar-refractivity contribution in [2.24, 2.45) is 4.99 Å². The number of guanidine groups is 1. The van der Waals surface area contributed by atoms with Crippen LogP contribution in [0, 0.1) is 0 Å². The average Bonchev–Trinajstić information content (AvgIpc) is 2.66. The van der Waals surface area contributed by atoms with E-state index in [4.69, 9.17) is 0 Å². The first-order valence-corrected chi connectivity index (χ1v) is 5.81. The molecule has 18 heavy (non-hydrogen) atoms. The van der Waals surface area contributed by atoms with E-state index in [0.29, 0.717) is 5.96 Å². The molecule has 0 bridgehead atoms. The molecular formula is C13H18N4O. The highest BCUT2D eigenvalue weighted by Gasteiger charge is 2.42. The number of nitrogens with one attached hydrogen (secondary N) is 2. The second kappa shape index (κ2) is 4.33. The van der Waals surface area contributed by atoms with E-state index < -0.39 is 5.54 Å². The fourth-order valence-electron chi connectivity index (χ4n) is 1.97. The molecule has 2 rings (SSSR count). The van der Waals surface area contributed by atoms with Crippen molar-refractivity contribution in [3.05, 3.63) is 29.8 Å². The molecule has 0 aromatic heterocycles. The number of benzene rings is 1. The first-order chi connectivity index (χ1) is 8.47. The van der Waals surface area contributed by atoms with Crippen molar-refractivity contribution in [1.82, 2.24) is 10.6 Å². The number of carbonyl (C=O) groups is 1. The van der Waals surface area contributed by atoms with E-state index in [1.165, 1.54) is 0 Å². The summed E-state index contributed by atoms with van der Waals surface area (Å²) >= 11 is 0. The van der Waals surface area contributed by atoms with Gasteiger partial charge in [-0.3, -0.25) is 15.1 Å². The summed E-state index contributed by atoms with van der Waals surface area (Å²) in [4.78, 5) is 18.0. The molecule has 5 nitrogen and oxygen atoms in total. The highest BCUT2D eigenvalue weighted by molar-refractivity contribution is 6.09. The largest absolute Gasteiger partial charge is 0.378 e. The number of carbonyl (C=O) groups excluding carboxylic acids is 1. The van der Waals surface area contributed by atoms with Crippen LogP contribution in [0.5, 0.6) is 0 Å². The minimum absolute atomic E-state index is 0.0827. The molecule has 1 aromatic rings. The Morgan fingerprint density at radius 2 is 1.83 bits per heavy atom. The average molecular weight is 246 g/mol. The monoisotopic (exact) mass is 246 g/mol. The van der Waals surface area contributed by atoms with Gasteiger partial charge in [-0.25, -0.2) is 0 Å². The van der Waals surface area contributed by atoms with E-state index in [9.17, 15) is 4.79 Å². The summed E-state index contributed by atoms with van der Waals surface area (Å²) < 4.78 is 0. The van der Waals surface area contributed by atoms with Gasteiger partial charge in [-0.1, -0.05) is 12.1 Å².